The van der Waals surface area contributed by atoms with E-state index in [-0.39, 0.29) is 0 Å². The number of aromatic nitrogens is 3. The van der Waals surface area contributed by atoms with Crippen molar-refractivity contribution in [1.82, 2.24) is 25.2 Å². The minimum atomic E-state index is 0.735. The van der Waals surface area contributed by atoms with Crippen LogP contribution in [0.25, 0.3) is 33.2 Å². The molecule has 0 radical (unpaired) electrons. The van der Waals surface area contributed by atoms with Crippen LogP contribution in [0, 0.1) is 11.8 Å². The quantitative estimate of drug-likeness (QED) is 0.493. The van der Waals surface area contributed by atoms with Gasteiger partial charge in [-0.05, 0) is 54.8 Å². The van der Waals surface area contributed by atoms with Crippen LogP contribution in [0.1, 0.15) is 5.56 Å². The molecule has 7 heteroatoms. The summed E-state index contributed by atoms with van der Waals surface area (Å²) in [7, 11) is 0. The van der Waals surface area contributed by atoms with Gasteiger partial charge in [-0.15, -0.1) is 0 Å². The summed E-state index contributed by atoms with van der Waals surface area (Å²) in [6, 6.07) is 15.2. The third kappa shape index (κ3) is 3.55. The van der Waals surface area contributed by atoms with E-state index in [1.165, 1.54) is 31.7 Å². The van der Waals surface area contributed by atoms with Crippen molar-refractivity contribution in [2.75, 3.05) is 57.4 Å². The number of fused-ring (bicyclic) bond motifs is 3. The molecule has 0 amide bonds. The Morgan fingerprint density at radius 3 is 2.65 bits per heavy atom. The predicted molar refractivity (Wildman–Crippen MR) is 135 cm³/mol. The second-order valence-corrected chi connectivity index (χ2v) is 9.94. The molecule has 4 aromatic rings. The number of ether oxygens (including phenoxy) is 1. The lowest BCUT2D eigenvalue weighted by molar-refractivity contribution is 0.122. The Hall–Kier alpha value is -3.00. The van der Waals surface area contributed by atoms with E-state index in [9.17, 15) is 0 Å². The van der Waals surface area contributed by atoms with Crippen molar-refractivity contribution in [2.24, 2.45) is 11.8 Å². The Labute approximate surface area is 199 Å². The zero-order valence-corrected chi connectivity index (χ0v) is 19.3. The number of morpholine rings is 1. The number of rotatable bonds is 4. The smallest absolute Gasteiger partial charge is 0.162 e. The zero-order chi connectivity index (χ0) is 22.5. The molecular weight excluding hydrogens is 424 g/mol. The molecule has 5 heterocycles. The number of likely N-dealkylation sites (tertiary alicyclic amines) is 1. The molecule has 3 fully saturated rings. The van der Waals surface area contributed by atoms with Crippen LogP contribution >= 0.6 is 0 Å². The molecule has 7 nitrogen and oxygen atoms in total. The SMILES string of the molecule is c1cc(-c2nc(N3CCOCC3)c3cc(CN4CC5CNCC5C4)ccc3n2)c2cc[nH]c2c1. The van der Waals surface area contributed by atoms with Gasteiger partial charge >= 0.3 is 0 Å². The van der Waals surface area contributed by atoms with Crippen molar-refractivity contribution >= 4 is 27.6 Å². The van der Waals surface area contributed by atoms with Gasteiger partial charge < -0.3 is 19.9 Å². The number of anilines is 1. The van der Waals surface area contributed by atoms with Crippen molar-refractivity contribution < 1.29 is 4.74 Å². The summed E-state index contributed by atoms with van der Waals surface area (Å²) in [6.07, 6.45) is 1.98. The largest absolute Gasteiger partial charge is 0.378 e. The predicted octanol–water partition coefficient (Wildman–Crippen LogP) is 3.27. The van der Waals surface area contributed by atoms with Crippen LogP contribution in [-0.2, 0) is 11.3 Å². The molecule has 2 aromatic heterocycles. The van der Waals surface area contributed by atoms with E-state index in [1.807, 2.05) is 6.20 Å². The van der Waals surface area contributed by atoms with Crippen LogP contribution in [0.5, 0.6) is 0 Å². The summed E-state index contributed by atoms with van der Waals surface area (Å²) in [6.45, 7) is 8.91. The lowest BCUT2D eigenvalue weighted by atomic mass is 10.0. The zero-order valence-electron chi connectivity index (χ0n) is 19.3. The molecule has 2 aromatic carbocycles. The van der Waals surface area contributed by atoms with E-state index < -0.39 is 0 Å². The Morgan fingerprint density at radius 1 is 0.941 bits per heavy atom. The Kier molecular flexibility index (Phi) is 5.00. The molecule has 2 atom stereocenters. The maximum Gasteiger partial charge on any atom is 0.162 e. The lowest BCUT2D eigenvalue weighted by Gasteiger charge is -2.29. The molecule has 2 N–H and O–H groups in total. The molecule has 0 saturated carbocycles. The molecule has 0 spiro atoms. The van der Waals surface area contributed by atoms with E-state index in [4.69, 9.17) is 14.7 Å². The van der Waals surface area contributed by atoms with E-state index in [0.29, 0.717) is 0 Å². The first-order valence-electron chi connectivity index (χ1n) is 12.4. The summed E-state index contributed by atoms with van der Waals surface area (Å²) in [5.74, 6) is 3.43. The van der Waals surface area contributed by atoms with Crippen molar-refractivity contribution in [2.45, 2.75) is 6.54 Å². The van der Waals surface area contributed by atoms with Gasteiger partial charge in [-0.2, -0.15) is 0 Å². The molecule has 0 aliphatic carbocycles. The van der Waals surface area contributed by atoms with Gasteiger partial charge in [0.15, 0.2) is 5.82 Å². The van der Waals surface area contributed by atoms with Gasteiger partial charge in [0.25, 0.3) is 0 Å². The van der Waals surface area contributed by atoms with Crippen LogP contribution in [0.15, 0.2) is 48.7 Å². The Balaban J connectivity index is 1.29. The number of hydrogen-bond acceptors (Lipinski definition) is 6. The molecule has 2 unspecified atom stereocenters. The topological polar surface area (TPSA) is 69.3 Å². The first kappa shape index (κ1) is 20.4. The highest BCUT2D eigenvalue weighted by Crippen LogP contribution is 2.33. The standard InChI is InChI=1S/C27H30N6O/c1-2-22(21-6-7-29-24(21)3-1)26-30-25-5-4-18(15-32-16-19-13-28-14-20(19)17-32)12-23(25)27(31-26)33-8-10-34-11-9-33/h1-7,12,19-20,28-29H,8-11,13-17H2. The van der Waals surface area contributed by atoms with Crippen LogP contribution in [0.2, 0.25) is 0 Å². The highest BCUT2D eigenvalue weighted by atomic mass is 16.5. The van der Waals surface area contributed by atoms with Crippen molar-refractivity contribution in [1.29, 1.82) is 0 Å². The normalized spacial score (nSPS) is 23.2. The Morgan fingerprint density at radius 2 is 1.79 bits per heavy atom. The third-order valence-electron chi connectivity index (χ3n) is 7.76. The first-order valence-corrected chi connectivity index (χ1v) is 12.4. The fourth-order valence-electron chi connectivity index (χ4n) is 6.01. The summed E-state index contributed by atoms with van der Waals surface area (Å²) in [5.41, 5.74) is 4.52. The number of aromatic amines is 1. The van der Waals surface area contributed by atoms with Gasteiger partial charge in [0.05, 0.1) is 18.7 Å². The van der Waals surface area contributed by atoms with Crippen LogP contribution < -0.4 is 10.2 Å². The minimum absolute atomic E-state index is 0.735. The van der Waals surface area contributed by atoms with Crippen LogP contribution in [0.4, 0.5) is 5.82 Å². The highest BCUT2D eigenvalue weighted by molar-refractivity contribution is 5.97. The minimum Gasteiger partial charge on any atom is -0.378 e. The van der Waals surface area contributed by atoms with Gasteiger partial charge in [0, 0.05) is 60.8 Å². The molecule has 7 rings (SSSR count). The average Bonchev–Trinajstić information content (AvgIpc) is 3.60. The number of H-pyrrole nitrogens is 1. The van der Waals surface area contributed by atoms with E-state index in [1.54, 1.807) is 0 Å². The van der Waals surface area contributed by atoms with Crippen molar-refractivity contribution in [3.05, 3.63) is 54.2 Å². The summed E-state index contributed by atoms with van der Waals surface area (Å²) >= 11 is 0. The van der Waals surface area contributed by atoms with Crippen LogP contribution in [-0.4, -0.2) is 72.3 Å². The lowest BCUT2D eigenvalue weighted by Crippen LogP contribution is -2.37. The number of nitrogens with one attached hydrogen (secondary N) is 2. The monoisotopic (exact) mass is 454 g/mol. The molecule has 3 aliphatic heterocycles. The van der Waals surface area contributed by atoms with Gasteiger partial charge in [-0.3, -0.25) is 4.90 Å². The van der Waals surface area contributed by atoms with E-state index >= 15 is 0 Å². The molecule has 34 heavy (non-hydrogen) atoms. The molecule has 3 saturated heterocycles. The van der Waals surface area contributed by atoms with Gasteiger partial charge in [-0.1, -0.05) is 18.2 Å². The van der Waals surface area contributed by atoms with Gasteiger partial charge in [0.1, 0.15) is 5.82 Å². The first-order chi connectivity index (χ1) is 16.8. The maximum absolute atomic E-state index is 5.64. The molecular formula is C27H30N6O. The number of nitrogens with zero attached hydrogens (tertiary/aromatic N) is 4. The van der Waals surface area contributed by atoms with E-state index in [2.05, 4.69) is 62.6 Å². The van der Waals surface area contributed by atoms with Gasteiger partial charge in [0.2, 0.25) is 0 Å². The second-order valence-electron chi connectivity index (χ2n) is 9.94. The molecule has 0 bridgehead atoms. The second kappa shape index (κ2) is 8.34. The summed E-state index contributed by atoms with van der Waals surface area (Å²) in [4.78, 5) is 18.5. The fourth-order valence-corrected chi connectivity index (χ4v) is 6.01. The molecule has 3 aliphatic rings. The third-order valence-corrected chi connectivity index (χ3v) is 7.76. The number of hydrogen-bond donors (Lipinski definition) is 2. The Bertz CT molecular complexity index is 1330. The van der Waals surface area contributed by atoms with E-state index in [0.717, 1.165) is 83.7 Å². The molecule has 174 valence electrons. The summed E-state index contributed by atoms with van der Waals surface area (Å²) in [5, 5.41) is 5.84. The van der Waals surface area contributed by atoms with Gasteiger partial charge in [-0.25, -0.2) is 9.97 Å². The summed E-state index contributed by atoms with van der Waals surface area (Å²) < 4.78 is 5.64. The van der Waals surface area contributed by atoms with Crippen molar-refractivity contribution in [3.63, 3.8) is 0 Å². The highest BCUT2D eigenvalue weighted by Gasteiger charge is 2.35. The maximum atomic E-state index is 5.64. The number of benzene rings is 2. The fraction of sp³-hybridized carbons (Fsp3) is 0.407. The average molecular weight is 455 g/mol. The van der Waals surface area contributed by atoms with Crippen molar-refractivity contribution in [3.8, 4) is 11.4 Å². The van der Waals surface area contributed by atoms with Crippen LogP contribution in [0.3, 0.4) is 0 Å².